The maximum Gasteiger partial charge on any atom is 0.319 e. The fourth-order valence-corrected chi connectivity index (χ4v) is 3.64. The molecular formula is C21H24ClN5O6S. The number of urea groups is 1. The van der Waals surface area contributed by atoms with E-state index in [0.717, 1.165) is 6.26 Å². The normalized spacial score (nSPS) is 14.9. The van der Waals surface area contributed by atoms with Crippen LogP contribution in [0.3, 0.4) is 0 Å². The van der Waals surface area contributed by atoms with Gasteiger partial charge in [0.2, 0.25) is 15.9 Å². The number of halogens is 1. The van der Waals surface area contributed by atoms with Crippen LogP contribution in [-0.4, -0.2) is 64.9 Å². The highest BCUT2D eigenvalue weighted by atomic mass is 35.5. The van der Waals surface area contributed by atoms with Gasteiger partial charge in [-0.25, -0.2) is 17.9 Å². The van der Waals surface area contributed by atoms with Crippen LogP contribution in [0.25, 0.3) is 0 Å². The van der Waals surface area contributed by atoms with Crippen molar-refractivity contribution in [2.75, 3.05) is 48.1 Å². The van der Waals surface area contributed by atoms with Gasteiger partial charge in [-0.1, -0.05) is 11.6 Å². The van der Waals surface area contributed by atoms with Crippen molar-refractivity contribution in [1.29, 1.82) is 0 Å². The van der Waals surface area contributed by atoms with E-state index in [1.807, 2.05) is 0 Å². The lowest BCUT2D eigenvalue weighted by Crippen LogP contribution is -2.51. The molecule has 13 heteroatoms. The van der Waals surface area contributed by atoms with Gasteiger partial charge >= 0.3 is 6.03 Å². The summed E-state index contributed by atoms with van der Waals surface area (Å²) in [5.74, 6) is -0.802. The van der Waals surface area contributed by atoms with Gasteiger partial charge in [-0.3, -0.25) is 9.59 Å². The highest BCUT2D eigenvalue weighted by Gasteiger charge is 2.23. The molecule has 0 saturated carbocycles. The minimum Gasteiger partial charge on any atom is -0.370 e. The molecule has 4 amide bonds. The maximum absolute atomic E-state index is 12.8. The Bertz CT molecular complexity index is 1140. The number of hydrogen-bond acceptors (Lipinski definition) is 6. The standard InChI is InChI=1S/C21H24ClN5O6S/c1-34(31,32)23-12-18(26-21(30)25-16-4-2-14(22)3-5-16)20(29)24-15-6-8-17(9-7-15)27-10-11-33-13-19(27)28/h2-9,18,23H,10-13H2,1H3,(H,24,29)(H2,25,26,30). The van der Waals surface area contributed by atoms with Crippen LogP contribution in [0.2, 0.25) is 5.02 Å². The molecule has 0 spiro atoms. The number of anilines is 3. The van der Waals surface area contributed by atoms with Crippen molar-refractivity contribution in [1.82, 2.24) is 10.0 Å². The Morgan fingerprint density at radius 2 is 1.68 bits per heavy atom. The Balaban J connectivity index is 1.65. The predicted molar refractivity (Wildman–Crippen MR) is 128 cm³/mol. The fourth-order valence-electron chi connectivity index (χ4n) is 3.05. The third-order valence-corrected chi connectivity index (χ3v) is 5.65. The highest BCUT2D eigenvalue weighted by molar-refractivity contribution is 7.88. The first kappa shape index (κ1) is 25.4. The van der Waals surface area contributed by atoms with Crippen molar-refractivity contribution in [3.05, 3.63) is 53.6 Å². The van der Waals surface area contributed by atoms with Gasteiger partial charge in [0, 0.05) is 35.2 Å². The molecule has 1 aliphatic heterocycles. The smallest absolute Gasteiger partial charge is 0.319 e. The molecule has 182 valence electrons. The molecule has 0 radical (unpaired) electrons. The zero-order chi connectivity index (χ0) is 24.7. The number of carbonyl (C=O) groups excluding carboxylic acids is 3. The van der Waals surface area contributed by atoms with Gasteiger partial charge in [0.25, 0.3) is 5.91 Å². The lowest BCUT2D eigenvalue weighted by Gasteiger charge is -2.27. The second-order valence-corrected chi connectivity index (χ2v) is 9.68. The molecule has 1 unspecified atom stereocenters. The van der Waals surface area contributed by atoms with Crippen LogP contribution < -0.4 is 25.6 Å². The van der Waals surface area contributed by atoms with Crippen molar-refractivity contribution < 1.29 is 27.5 Å². The van der Waals surface area contributed by atoms with Crippen LogP contribution in [0.5, 0.6) is 0 Å². The van der Waals surface area contributed by atoms with Crippen LogP contribution >= 0.6 is 11.6 Å². The number of ether oxygens (including phenoxy) is 1. The largest absolute Gasteiger partial charge is 0.370 e. The minimum absolute atomic E-state index is 0.0112. The zero-order valence-corrected chi connectivity index (χ0v) is 19.8. The minimum atomic E-state index is -3.61. The maximum atomic E-state index is 12.8. The zero-order valence-electron chi connectivity index (χ0n) is 18.2. The van der Waals surface area contributed by atoms with Crippen LogP contribution in [0.15, 0.2) is 48.5 Å². The molecule has 2 aromatic rings. The number of nitrogens with zero attached hydrogens (tertiary/aromatic N) is 1. The number of nitrogens with one attached hydrogen (secondary N) is 4. The Labute approximate surface area is 201 Å². The van der Waals surface area contributed by atoms with Crippen LogP contribution in [0, 0.1) is 0 Å². The first-order chi connectivity index (χ1) is 16.1. The molecule has 0 aliphatic carbocycles. The average Bonchev–Trinajstić information content (AvgIpc) is 2.78. The van der Waals surface area contributed by atoms with E-state index in [1.165, 1.54) is 0 Å². The number of amides is 4. The summed E-state index contributed by atoms with van der Waals surface area (Å²) < 4.78 is 30.4. The topological polar surface area (TPSA) is 146 Å². The molecule has 1 saturated heterocycles. The second-order valence-electron chi connectivity index (χ2n) is 7.41. The van der Waals surface area contributed by atoms with E-state index >= 15 is 0 Å². The summed E-state index contributed by atoms with van der Waals surface area (Å²) in [6, 6.07) is 10.9. The second kappa shape index (κ2) is 11.3. The summed E-state index contributed by atoms with van der Waals surface area (Å²) in [6.45, 7) is 0.510. The monoisotopic (exact) mass is 509 g/mol. The van der Waals surface area contributed by atoms with E-state index in [4.69, 9.17) is 16.3 Å². The summed E-state index contributed by atoms with van der Waals surface area (Å²) in [5, 5.41) is 8.13. The quantitative estimate of drug-likeness (QED) is 0.423. The summed E-state index contributed by atoms with van der Waals surface area (Å²) >= 11 is 5.82. The van der Waals surface area contributed by atoms with Gasteiger partial charge in [-0.05, 0) is 48.5 Å². The van der Waals surface area contributed by atoms with Crippen molar-refractivity contribution >= 4 is 56.5 Å². The van der Waals surface area contributed by atoms with Crippen molar-refractivity contribution in [2.24, 2.45) is 0 Å². The molecule has 4 N–H and O–H groups in total. The van der Waals surface area contributed by atoms with E-state index in [-0.39, 0.29) is 19.1 Å². The lowest BCUT2D eigenvalue weighted by molar-refractivity contribution is -0.125. The number of carbonyl (C=O) groups is 3. The Morgan fingerprint density at radius 3 is 2.29 bits per heavy atom. The van der Waals surface area contributed by atoms with E-state index < -0.39 is 28.0 Å². The van der Waals surface area contributed by atoms with Gasteiger partial charge in [0.05, 0.1) is 12.9 Å². The molecule has 0 aromatic heterocycles. The Hall–Kier alpha value is -3.19. The molecule has 1 aliphatic rings. The summed E-state index contributed by atoms with van der Waals surface area (Å²) in [5.41, 5.74) is 1.49. The molecular weight excluding hydrogens is 486 g/mol. The number of rotatable bonds is 8. The van der Waals surface area contributed by atoms with Gasteiger partial charge in [0.15, 0.2) is 0 Å². The van der Waals surface area contributed by atoms with Crippen molar-refractivity contribution in [3.63, 3.8) is 0 Å². The number of hydrogen-bond donors (Lipinski definition) is 4. The lowest BCUT2D eigenvalue weighted by atomic mass is 10.2. The fraction of sp³-hybridized carbons (Fsp3) is 0.286. The Kier molecular flexibility index (Phi) is 8.45. The third kappa shape index (κ3) is 7.70. The van der Waals surface area contributed by atoms with Crippen LogP contribution in [0.1, 0.15) is 0 Å². The number of morpholine rings is 1. The summed E-state index contributed by atoms with van der Waals surface area (Å²) in [4.78, 5) is 38.7. The molecule has 34 heavy (non-hydrogen) atoms. The summed E-state index contributed by atoms with van der Waals surface area (Å²) in [6.07, 6.45) is 0.946. The SMILES string of the molecule is CS(=O)(=O)NCC(NC(=O)Nc1ccc(Cl)cc1)C(=O)Nc1ccc(N2CCOCC2=O)cc1. The first-order valence-electron chi connectivity index (χ1n) is 10.2. The van der Waals surface area contributed by atoms with Crippen molar-refractivity contribution in [2.45, 2.75) is 6.04 Å². The van der Waals surface area contributed by atoms with Gasteiger partial charge < -0.3 is 25.6 Å². The van der Waals surface area contributed by atoms with E-state index in [2.05, 4.69) is 20.7 Å². The van der Waals surface area contributed by atoms with Gasteiger partial charge in [-0.15, -0.1) is 0 Å². The Morgan fingerprint density at radius 1 is 1.06 bits per heavy atom. The third-order valence-electron chi connectivity index (χ3n) is 4.71. The molecule has 0 bridgehead atoms. The molecule has 2 aromatic carbocycles. The predicted octanol–water partition coefficient (Wildman–Crippen LogP) is 1.38. The molecule has 1 fully saturated rings. The molecule has 11 nitrogen and oxygen atoms in total. The van der Waals surface area contributed by atoms with E-state index in [9.17, 15) is 22.8 Å². The molecule has 3 rings (SSSR count). The summed E-state index contributed by atoms with van der Waals surface area (Å²) in [7, 11) is -3.61. The highest BCUT2D eigenvalue weighted by Crippen LogP contribution is 2.20. The molecule has 1 atom stereocenters. The van der Waals surface area contributed by atoms with E-state index in [0.29, 0.717) is 35.2 Å². The first-order valence-corrected chi connectivity index (χ1v) is 12.4. The van der Waals surface area contributed by atoms with Crippen LogP contribution in [0.4, 0.5) is 21.9 Å². The van der Waals surface area contributed by atoms with Gasteiger partial charge in [-0.2, -0.15) is 0 Å². The number of benzene rings is 2. The van der Waals surface area contributed by atoms with Crippen LogP contribution in [-0.2, 0) is 24.3 Å². The average molecular weight is 510 g/mol. The van der Waals surface area contributed by atoms with Crippen molar-refractivity contribution in [3.8, 4) is 0 Å². The molecule has 1 heterocycles. The van der Waals surface area contributed by atoms with E-state index in [1.54, 1.807) is 53.4 Å². The van der Waals surface area contributed by atoms with Gasteiger partial charge in [0.1, 0.15) is 12.6 Å². The number of sulfonamides is 1.